The van der Waals surface area contributed by atoms with Gasteiger partial charge >= 0.3 is 11.9 Å². The maximum Gasteiger partial charge on any atom is 0.330 e. The molecule has 3 saturated carbocycles. The third kappa shape index (κ3) is 15.3. The van der Waals surface area contributed by atoms with Gasteiger partial charge in [-0.05, 0) is 110 Å². The van der Waals surface area contributed by atoms with Crippen molar-refractivity contribution in [3.8, 4) is 0 Å². The highest BCUT2D eigenvalue weighted by Gasteiger charge is 2.31. The van der Waals surface area contributed by atoms with Gasteiger partial charge in [-0.15, -0.1) is 0 Å². The van der Waals surface area contributed by atoms with Crippen molar-refractivity contribution < 1.29 is 47.8 Å². The Bertz CT molecular complexity index is 824. The molecule has 3 aliphatic rings. The van der Waals surface area contributed by atoms with E-state index in [4.69, 9.17) is 38.2 Å². The Morgan fingerprint density at radius 2 is 1.09 bits per heavy atom. The smallest absolute Gasteiger partial charge is 0.330 e. The highest BCUT2D eigenvalue weighted by Crippen LogP contribution is 2.30. The Morgan fingerprint density at radius 1 is 0.636 bits per heavy atom. The van der Waals surface area contributed by atoms with Gasteiger partial charge in [0, 0.05) is 19.3 Å². The van der Waals surface area contributed by atoms with Crippen molar-refractivity contribution in [1.29, 1.82) is 0 Å². The first-order valence-corrected chi connectivity index (χ1v) is 16.8. The average molecular weight is 625 g/mol. The van der Waals surface area contributed by atoms with E-state index in [9.17, 15) is 9.59 Å². The van der Waals surface area contributed by atoms with Crippen LogP contribution in [0.25, 0.3) is 0 Å². The van der Waals surface area contributed by atoms with Crippen LogP contribution in [0, 0.1) is 5.92 Å². The molecule has 0 heterocycles. The molecule has 3 aliphatic carbocycles. The van der Waals surface area contributed by atoms with Crippen molar-refractivity contribution in [1.82, 2.24) is 0 Å². The number of allylic oxidation sites excluding steroid dienone is 1. The molecule has 0 unspecified atom stereocenters. The van der Waals surface area contributed by atoms with Crippen LogP contribution in [0.2, 0.25) is 0 Å². The van der Waals surface area contributed by atoms with E-state index in [2.05, 4.69) is 13.2 Å². The molecule has 0 aromatic heterocycles. The van der Waals surface area contributed by atoms with Crippen molar-refractivity contribution in [3.05, 3.63) is 25.0 Å². The fourth-order valence-electron chi connectivity index (χ4n) is 5.98. The molecule has 0 bridgehead atoms. The highest BCUT2D eigenvalue weighted by atomic mass is 17.2. The van der Waals surface area contributed by atoms with Crippen LogP contribution in [0.15, 0.2) is 25.0 Å². The van der Waals surface area contributed by atoms with Gasteiger partial charge in [0.25, 0.3) is 0 Å². The Hall–Kier alpha value is -1.98. The molecular weight excluding hydrogens is 568 g/mol. The van der Waals surface area contributed by atoms with Crippen LogP contribution < -0.4 is 0 Å². The lowest BCUT2D eigenvalue weighted by molar-refractivity contribution is -0.261. The molecule has 0 atom stereocenters. The SMILES string of the molecule is C=CC(=O)OCCCCOC1CCC(C(=O)OC2CCC(OCOC3CCC(OCCCCOOC(=C)C)CC3)CC2)CC1. The van der Waals surface area contributed by atoms with E-state index in [1.54, 1.807) is 6.92 Å². The Kier molecular flexibility index (Phi) is 18.0. The number of carbonyl (C=O) groups is 2. The van der Waals surface area contributed by atoms with E-state index < -0.39 is 0 Å². The summed E-state index contributed by atoms with van der Waals surface area (Å²) in [6, 6.07) is 0. The fraction of sp³-hybridized carbons (Fsp3) is 0.824. The molecule has 0 aromatic carbocycles. The third-order valence-corrected chi connectivity index (χ3v) is 8.62. The molecule has 10 nitrogen and oxygen atoms in total. The van der Waals surface area contributed by atoms with Gasteiger partial charge < -0.3 is 33.3 Å². The number of unbranched alkanes of at least 4 members (excludes halogenated alkanes) is 2. The lowest BCUT2D eigenvalue weighted by Crippen LogP contribution is -2.33. The first-order chi connectivity index (χ1) is 21.4. The van der Waals surface area contributed by atoms with Crippen LogP contribution in [-0.4, -0.2) is 75.7 Å². The number of rotatable bonds is 21. The van der Waals surface area contributed by atoms with Crippen LogP contribution >= 0.6 is 0 Å². The summed E-state index contributed by atoms with van der Waals surface area (Å²) in [4.78, 5) is 33.8. The number of hydrogen-bond acceptors (Lipinski definition) is 10. The number of carbonyl (C=O) groups excluding carboxylic acids is 2. The topological polar surface area (TPSA) is 108 Å². The maximum atomic E-state index is 12.8. The van der Waals surface area contributed by atoms with Crippen LogP contribution in [0.4, 0.5) is 0 Å². The standard InChI is InChI=1S/C34H56O10/c1-4-33(35)39-23-6-5-21-37-28-11-9-27(10-12-28)34(36)43-32-19-17-31(18-20-32)41-25-40-30-15-13-29(14-16-30)38-22-7-8-24-42-44-26(2)3/h4,27-32H,1-2,5-25H2,3H3. The minimum absolute atomic E-state index is 0.0140. The number of esters is 2. The maximum absolute atomic E-state index is 12.8. The van der Waals surface area contributed by atoms with Gasteiger partial charge in [-0.1, -0.05) is 13.2 Å². The molecule has 0 radical (unpaired) electrons. The van der Waals surface area contributed by atoms with E-state index in [1.807, 2.05) is 0 Å². The Morgan fingerprint density at radius 3 is 1.61 bits per heavy atom. The first-order valence-electron chi connectivity index (χ1n) is 16.8. The molecule has 3 rings (SSSR count). The molecule has 0 saturated heterocycles. The number of hydrogen-bond donors (Lipinski definition) is 0. The Balaban J connectivity index is 1.13. The van der Waals surface area contributed by atoms with Gasteiger partial charge in [-0.25, -0.2) is 4.79 Å². The molecule has 0 aliphatic heterocycles. The van der Waals surface area contributed by atoms with Gasteiger partial charge in [0.05, 0.1) is 43.5 Å². The molecule has 44 heavy (non-hydrogen) atoms. The van der Waals surface area contributed by atoms with Crippen molar-refractivity contribution in [2.45, 2.75) is 140 Å². The van der Waals surface area contributed by atoms with Gasteiger partial charge in [0.15, 0.2) is 0 Å². The fourth-order valence-corrected chi connectivity index (χ4v) is 5.98. The molecule has 10 heteroatoms. The van der Waals surface area contributed by atoms with Crippen LogP contribution in [0.3, 0.4) is 0 Å². The quantitative estimate of drug-likeness (QED) is 0.0267. The summed E-state index contributed by atoms with van der Waals surface area (Å²) in [5, 5.41) is 0. The zero-order chi connectivity index (χ0) is 31.4. The molecule has 0 amide bonds. The van der Waals surface area contributed by atoms with Gasteiger partial charge in [-0.3, -0.25) is 4.79 Å². The largest absolute Gasteiger partial charge is 0.463 e. The predicted octanol–water partition coefficient (Wildman–Crippen LogP) is 6.51. The molecular formula is C34H56O10. The summed E-state index contributed by atoms with van der Waals surface area (Å²) in [7, 11) is 0. The second kappa shape index (κ2) is 21.7. The van der Waals surface area contributed by atoms with E-state index in [-0.39, 0.29) is 42.3 Å². The summed E-state index contributed by atoms with van der Waals surface area (Å²) in [5.74, 6) is 0.0864. The van der Waals surface area contributed by atoms with Gasteiger partial charge in [-0.2, -0.15) is 4.89 Å². The zero-order valence-electron chi connectivity index (χ0n) is 26.9. The van der Waals surface area contributed by atoms with Crippen LogP contribution in [0.5, 0.6) is 0 Å². The number of ether oxygens (including phenoxy) is 6. The van der Waals surface area contributed by atoms with E-state index in [1.165, 1.54) is 6.08 Å². The van der Waals surface area contributed by atoms with Crippen LogP contribution in [-0.2, 0) is 47.8 Å². The van der Waals surface area contributed by atoms with E-state index in [0.29, 0.717) is 38.5 Å². The van der Waals surface area contributed by atoms with Crippen molar-refractivity contribution in [3.63, 3.8) is 0 Å². The monoisotopic (exact) mass is 624 g/mol. The second-order valence-corrected chi connectivity index (χ2v) is 12.3. The second-order valence-electron chi connectivity index (χ2n) is 12.3. The van der Waals surface area contributed by atoms with E-state index >= 15 is 0 Å². The van der Waals surface area contributed by atoms with Crippen LogP contribution in [0.1, 0.15) is 110 Å². The zero-order valence-corrected chi connectivity index (χ0v) is 26.9. The summed E-state index contributed by atoms with van der Waals surface area (Å²) in [6.45, 7) is 11.4. The lowest BCUT2D eigenvalue weighted by Gasteiger charge is -2.32. The minimum atomic E-state index is -0.390. The van der Waals surface area contributed by atoms with Gasteiger partial charge in [0.2, 0.25) is 0 Å². The Labute approximate surface area is 264 Å². The van der Waals surface area contributed by atoms with Gasteiger partial charge in [0.1, 0.15) is 18.7 Å². The normalized spacial score (nSPS) is 27.3. The highest BCUT2D eigenvalue weighted by molar-refractivity contribution is 5.81. The average Bonchev–Trinajstić information content (AvgIpc) is 3.03. The predicted molar refractivity (Wildman–Crippen MR) is 164 cm³/mol. The van der Waals surface area contributed by atoms with E-state index in [0.717, 1.165) is 109 Å². The molecule has 252 valence electrons. The van der Waals surface area contributed by atoms with Crippen molar-refractivity contribution in [2.24, 2.45) is 5.92 Å². The lowest BCUT2D eigenvalue weighted by atomic mass is 9.87. The molecule has 3 fully saturated rings. The third-order valence-electron chi connectivity index (χ3n) is 8.62. The summed E-state index contributed by atoms with van der Waals surface area (Å²) < 4.78 is 34.9. The summed E-state index contributed by atoms with van der Waals surface area (Å²) in [6.07, 6.45) is 16.4. The summed E-state index contributed by atoms with van der Waals surface area (Å²) in [5.41, 5.74) is 0. The molecule has 0 aromatic rings. The molecule has 0 N–H and O–H groups in total. The minimum Gasteiger partial charge on any atom is -0.463 e. The molecule has 0 spiro atoms. The first kappa shape index (κ1) is 36.5. The van der Waals surface area contributed by atoms with Crippen molar-refractivity contribution in [2.75, 3.05) is 33.2 Å². The summed E-state index contributed by atoms with van der Waals surface area (Å²) >= 11 is 0. The van der Waals surface area contributed by atoms with Crippen molar-refractivity contribution >= 4 is 11.9 Å².